The fraction of sp³-hybridized carbons (Fsp3) is 0.0189. The van der Waals surface area contributed by atoms with Crippen LogP contribution < -0.4 is 0 Å². The molecule has 0 amide bonds. The van der Waals surface area contributed by atoms with Crippen molar-refractivity contribution in [3.8, 4) is 96.3 Å². The van der Waals surface area contributed by atoms with Gasteiger partial charge in [-0.15, -0.1) is 0 Å². The summed E-state index contributed by atoms with van der Waals surface area (Å²) in [5.41, 5.74) is 24.6. The van der Waals surface area contributed by atoms with Gasteiger partial charge in [0.25, 0.3) is 0 Å². The lowest BCUT2D eigenvalue weighted by molar-refractivity contribution is 0.668. The zero-order valence-electron chi connectivity index (χ0n) is 61.7. The van der Waals surface area contributed by atoms with Gasteiger partial charge >= 0.3 is 0 Å². The highest BCUT2D eigenvalue weighted by atomic mass is 16.3. The molecule has 0 radical (unpaired) electrons. The summed E-state index contributed by atoms with van der Waals surface area (Å²) in [6.07, 6.45) is 0. The number of benzene rings is 17. The lowest BCUT2D eigenvalue weighted by Crippen LogP contribution is -2.28. The molecule has 114 heavy (non-hydrogen) atoms. The Labute approximate surface area is 658 Å². The average molecular weight is 1450 g/mol. The van der Waals surface area contributed by atoms with Gasteiger partial charge < -0.3 is 8.98 Å². The minimum absolute atomic E-state index is 0.563. The quantitative estimate of drug-likeness (QED) is 0.127. The molecule has 0 spiro atoms. The highest BCUT2D eigenvalue weighted by Gasteiger charge is 2.49. The van der Waals surface area contributed by atoms with Crippen LogP contribution in [0.4, 0.5) is 0 Å². The first-order valence-corrected chi connectivity index (χ1v) is 38.7. The van der Waals surface area contributed by atoms with Crippen LogP contribution in [-0.2, 0) is 10.8 Å². The molecule has 2 unspecified atom stereocenters. The van der Waals surface area contributed by atoms with E-state index in [-0.39, 0.29) is 0 Å². The zero-order chi connectivity index (χ0) is 75.3. The molecule has 17 aromatic carbocycles. The summed E-state index contributed by atoms with van der Waals surface area (Å²) in [7, 11) is 0. The smallest absolute Gasteiger partial charge is 0.164 e. The summed E-state index contributed by atoms with van der Waals surface area (Å²) in [4.78, 5) is 30.2. The van der Waals surface area contributed by atoms with Crippen LogP contribution >= 0.6 is 0 Å². The van der Waals surface area contributed by atoms with Gasteiger partial charge in [0.15, 0.2) is 34.9 Å². The van der Waals surface area contributed by atoms with Crippen LogP contribution in [0.1, 0.15) is 44.5 Å². The largest absolute Gasteiger partial charge is 0.456 e. The van der Waals surface area contributed by atoms with E-state index in [9.17, 15) is 0 Å². The highest BCUT2D eigenvalue weighted by molar-refractivity contribution is 6.12. The molecule has 0 fully saturated rings. The van der Waals surface area contributed by atoms with Crippen molar-refractivity contribution in [3.63, 3.8) is 0 Å². The number of nitrogens with zero attached hydrogens (tertiary/aromatic N) is 7. The second-order valence-electron chi connectivity index (χ2n) is 29.5. The highest BCUT2D eigenvalue weighted by Crippen LogP contribution is 2.61. The van der Waals surface area contributed by atoms with Gasteiger partial charge in [-0.05, 0) is 161 Å². The summed E-state index contributed by atoms with van der Waals surface area (Å²) in [6, 6.07) is 145. The van der Waals surface area contributed by atoms with Crippen molar-refractivity contribution in [1.82, 2.24) is 34.5 Å². The van der Waals surface area contributed by atoms with Crippen LogP contribution in [0.5, 0.6) is 0 Å². The van der Waals surface area contributed by atoms with Gasteiger partial charge in [0, 0.05) is 60.6 Å². The molecule has 0 aliphatic heterocycles. The predicted molar refractivity (Wildman–Crippen MR) is 464 cm³/mol. The predicted octanol–water partition coefficient (Wildman–Crippen LogP) is 25.8. The van der Waals surface area contributed by atoms with E-state index in [4.69, 9.17) is 34.3 Å². The fourth-order valence-electron chi connectivity index (χ4n) is 18.3. The summed E-state index contributed by atoms with van der Waals surface area (Å²) < 4.78 is 8.93. The normalized spacial score (nSPS) is 14.6. The molecule has 0 bridgehead atoms. The molecule has 8 heteroatoms. The molecule has 2 aliphatic carbocycles. The summed E-state index contributed by atoms with van der Waals surface area (Å²) in [6.45, 7) is 0. The number of hydrogen-bond acceptors (Lipinski definition) is 7. The molecule has 0 saturated carbocycles. The van der Waals surface area contributed by atoms with E-state index in [0.29, 0.717) is 34.9 Å². The van der Waals surface area contributed by atoms with Crippen molar-refractivity contribution in [2.45, 2.75) is 10.8 Å². The molecule has 4 heterocycles. The Morgan fingerprint density at radius 2 is 0.535 bits per heavy atom. The van der Waals surface area contributed by atoms with Crippen molar-refractivity contribution in [1.29, 1.82) is 0 Å². The Morgan fingerprint density at radius 3 is 0.991 bits per heavy atom. The van der Waals surface area contributed by atoms with E-state index < -0.39 is 10.8 Å². The number of furan rings is 1. The Morgan fingerprint density at radius 1 is 0.211 bits per heavy atom. The minimum atomic E-state index is -0.579. The van der Waals surface area contributed by atoms with Gasteiger partial charge in [-0.3, -0.25) is 0 Å². The van der Waals surface area contributed by atoms with Crippen LogP contribution in [-0.4, -0.2) is 34.5 Å². The van der Waals surface area contributed by atoms with Gasteiger partial charge in [-0.25, -0.2) is 29.9 Å². The third-order valence-corrected chi connectivity index (χ3v) is 23.3. The molecular weight excluding hydrogens is 1390 g/mol. The third-order valence-electron chi connectivity index (χ3n) is 23.3. The topological polar surface area (TPSA) is 95.4 Å². The van der Waals surface area contributed by atoms with Gasteiger partial charge in [-0.1, -0.05) is 334 Å². The third kappa shape index (κ3) is 10.5. The Hall–Kier alpha value is -15.1. The second-order valence-corrected chi connectivity index (χ2v) is 29.5. The van der Waals surface area contributed by atoms with E-state index >= 15 is 0 Å². The molecule has 8 nitrogen and oxygen atoms in total. The van der Waals surface area contributed by atoms with E-state index in [1.54, 1.807) is 0 Å². The second kappa shape index (κ2) is 26.9. The first-order chi connectivity index (χ1) is 56.5. The lowest BCUT2D eigenvalue weighted by Gasteiger charge is -2.34. The van der Waals surface area contributed by atoms with Gasteiger partial charge in [0.1, 0.15) is 11.2 Å². The SMILES string of the molecule is c1ccc(-c2nc(-c3ccccc3)nc(-c3ccc4c(c3)c3cc(C5(c6ccccc6)c6ccccc6-c6ccc7ccccc7c65)ccc3n4-c3ccccc3)n2)cc1.c1ccc(-c2nc(-c3ccccc3)nc(-c3ccc4oc5ccc(C6(c7ccccc7)c7ccccc7-c7ccc8ccccc8c76)cc5c4c3)n2)cc1. The Balaban J connectivity index is 0.000000140. The number of aromatic nitrogens is 7. The molecular formula is C106H67N7O. The molecule has 0 saturated heterocycles. The lowest BCUT2D eigenvalue weighted by atomic mass is 9.66. The summed E-state index contributed by atoms with van der Waals surface area (Å²) in [5, 5.41) is 9.34. The van der Waals surface area contributed by atoms with Gasteiger partial charge in [-0.2, -0.15) is 0 Å². The molecule has 2 atom stereocenters. The van der Waals surface area contributed by atoms with Crippen molar-refractivity contribution >= 4 is 65.3 Å². The van der Waals surface area contributed by atoms with Crippen LogP contribution in [0.2, 0.25) is 0 Å². The Kier molecular flexibility index (Phi) is 15.5. The number of para-hydroxylation sites is 1. The number of rotatable bonds is 11. The van der Waals surface area contributed by atoms with Crippen LogP contribution in [0.15, 0.2) is 411 Å². The summed E-state index contributed by atoms with van der Waals surface area (Å²) in [5.74, 6) is 3.80. The summed E-state index contributed by atoms with van der Waals surface area (Å²) >= 11 is 0. The average Bonchev–Trinajstić information content (AvgIpc) is 1.52. The van der Waals surface area contributed by atoms with E-state index in [1.165, 1.54) is 88.3 Å². The van der Waals surface area contributed by atoms with Crippen LogP contribution in [0, 0.1) is 0 Å². The molecule has 4 aromatic heterocycles. The van der Waals surface area contributed by atoms with Gasteiger partial charge in [0.2, 0.25) is 0 Å². The maximum Gasteiger partial charge on any atom is 0.164 e. The van der Waals surface area contributed by atoms with Crippen molar-refractivity contribution < 1.29 is 4.42 Å². The van der Waals surface area contributed by atoms with Crippen molar-refractivity contribution in [3.05, 3.63) is 451 Å². The van der Waals surface area contributed by atoms with E-state index in [0.717, 1.165) is 82.8 Å². The molecule has 21 aromatic rings. The van der Waals surface area contributed by atoms with Gasteiger partial charge in [0.05, 0.1) is 21.9 Å². The standard InChI is InChI=1S/C56H36N4.C50H31N3O/c1-5-18-38(19-6-1)53-57-54(39-20-7-2-8-21-39)59-55(58-53)40-30-33-50-47(35-40)48-36-42(31-34-51(48)60(50)43-24-11-4-12-25-43)56(41-22-9-3-10-23-41)49-28-16-15-27-45(49)46-32-29-37-17-13-14-26-44(37)52(46)56;1-4-15-33(16-5-1)47-51-48(34-17-6-2-7-18-34)53-49(52-47)35-25-28-44-41(30-35)42-31-37(26-29-45(42)54-44)50(36-19-8-3-9-20-36)43-23-13-12-22-39(43)40-27-24-32-14-10-11-21-38(32)46(40)50/h1-36H;1-31H. The Bertz CT molecular complexity index is 7220. The molecule has 23 rings (SSSR count). The number of hydrogen-bond donors (Lipinski definition) is 0. The van der Waals surface area contributed by atoms with E-state index in [2.05, 4.69) is 302 Å². The molecule has 0 N–H and O–H groups in total. The molecule has 532 valence electrons. The maximum absolute atomic E-state index is 6.54. The minimum Gasteiger partial charge on any atom is -0.456 e. The maximum atomic E-state index is 6.54. The van der Waals surface area contributed by atoms with Crippen molar-refractivity contribution in [2.24, 2.45) is 0 Å². The number of fused-ring (bicyclic) bond motifs is 16. The monoisotopic (exact) mass is 1450 g/mol. The van der Waals surface area contributed by atoms with Crippen LogP contribution in [0.3, 0.4) is 0 Å². The van der Waals surface area contributed by atoms with E-state index in [1.807, 2.05) is 109 Å². The fourth-order valence-corrected chi connectivity index (χ4v) is 18.3. The van der Waals surface area contributed by atoms with Crippen LogP contribution in [0.25, 0.3) is 162 Å². The zero-order valence-corrected chi connectivity index (χ0v) is 61.7. The first kappa shape index (κ1) is 65.9. The molecule has 2 aliphatic rings. The van der Waals surface area contributed by atoms with Crippen molar-refractivity contribution in [2.75, 3.05) is 0 Å². The first-order valence-electron chi connectivity index (χ1n) is 38.7.